The van der Waals surface area contributed by atoms with Gasteiger partial charge in [0.05, 0.1) is 20.2 Å². The highest BCUT2D eigenvalue weighted by Crippen LogP contribution is 2.27. The maximum atomic E-state index is 12.9. The van der Waals surface area contributed by atoms with Crippen molar-refractivity contribution in [2.75, 3.05) is 11.9 Å². The molecular weight excluding hydrogens is 490 g/mol. The summed E-state index contributed by atoms with van der Waals surface area (Å²) in [6, 6.07) is 16.1. The number of carbonyl (C=O) groups is 2. The van der Waals surface area contributed by atoms with Crippen molar-refractivity contribution >= 4 is 55.0 Å². The van der Waals surface area contributed by atoms with Crippen LogP contribution in [0.5, 0.6) is 5.75 Å². The number of phenols is 1. The molecule has 0 radical (unpaired) electrons. The van der Waals surface area contributed by atoms with Gasteiger partial charge in [0.25, 0.3) is 11.8 Å². The summed E-state index contributed by atoms with van der Waals surface area (Å²) in [5.41, 5.74) is 6.56. The van der Waals surface area contributed by atoms with Crippen LogP contribution in [0.15, 0.2) is 64.6 Å². The largest absolute Gasteiger partial charge is 0.507 e. The number of rotatable bonds is 3. The number of nitrogens with one attached hydrogen (secondary N) is 1. The van der Waals surface area contributed by atoms with Crippen LogP contribution in [-0.2, 0) is 13.0 Å². The third kappa shape index (κ3) is 3.99. The molecule has 0 saturated heterocycles. The van der Waals surface area contributed by atoms with Gasteiger partial charge in [-0.3, -0.25) is 9.59 Å². The fourth-order valence-electron chi connectivity index (χ4n) is 3.83. The van der Waals surface area contributed by atoms with E-state index in [0.29, 0.717) is 35.1 Å². The second kappa shape index (κ2) is 8.37. The molecule has 32 heavy (non-hydrogen) atoms. The summed E-state index contributed by atoms with van der Waals surface area (Å²) < 4.78 is 1.58. The van der Waals surface area contributed by atoms with Crippen molar-refractivity contribution in [3.05, 3.63) is 86.8 Å². The van der Waals surface area contributed by atoms with E-state index in [1.54, 1.807) is 28.6 Å². The number of fused-ring (bicyclic) bond motifs is 2. The molecule has 2 amide bonds. The molecule has 0 unspecified atom stereocenters. The fraction of sp³-hybridized carbons (Fsp3) is 0.125. The number of carbonyl (C=O) groups excluding carboxylic acids is 2. The predicted octanol–water partition coefficient (Wildman–Crippen LogP) is 5.22. The Labute approximate surface area is 196 Å². The standard InChI is InChI=1S/C24H18BrN3O3S/c25-19-5-3-16(10-21(19)29)24(31)28-8-7-14-9-15(1-2-17(14)12-28)23(30)27-18-4-6-20-22(11-18)32-13-26-20/h1-6,9-11,13,29H,7-8,12H2,(H,27,30). The van der Waals surface area contributed by atoms with Crippen molar-refractivity contribution in [2.24, 2.45) is 0 Å². The van der Waals surface area contributed by atoms with Crippen molar-refractivity contribution in [3.63, 3.8) is 0 Å². The van der Waals surface area contributed by atoms with Gasteiger partial charge in [-0.15, -0.1) is 11.3 Å². The minimum atomic E-state index is -0.166. The van der Waals surface area contributed by atoms with Crippen LogP contribution >= 0.6 is 27.3 Å². The van der Waals surface area contributed by atoms with E-state index < -0.39 is 0 Å². The molecule has 4 aromatic rings. The Morgan fingerprint density at radius 2 is 1.88 bits per heavy atom. The number of thiazole rings is 1. The maximum absolute atomic E-state index is 12.9. The van der Waals surface area contributed by atoms with Crippen LogP contribution in [0.25, 0.3) is 10.2 Å². The first kappa shape index (κ1) is 20.7. The van der Waals surface area contributed by atoms with Crippen molar-refractivity contribution in [1.82, 2.24) is 9.88 Å². The number of benzene rings is 3. The van der Waals surface area contributed by atoms with E-state index in [2.05, 4.69) is 26.2 Å². The Kier molecular flexibility index (Phi) is 5.40. The highest BCUT2D eigenvalue weighted by molar-refractivity contribution is 9.10. The van der Waals surface area contributed by atoms with Crippen LogP contribution in [0.2, 0.25) is 0 Å². The minimum Gasteiger partial charge on any atom is -0.507 e. The zero-order chi connectivity index (χ0) is 22.2. The molecule has 1 aliphatic rings. The fourth-order valence-corrected chi connectivity index (χ4v) is 4.79. The summed E-state index contributed by atoms with van der Waals surface area (Å²) in [5.74, 6) is -0.252. The highest BCUT2D eigenvalue weighted by Gasteiger charge is 2.23. The molecule has 1 aromatic heterocycles. The van der Waals surface area contributed by atoms with Gasteiger partial charge < -0.3 is 15.3 Å². The Bertz CT molecular complexity index is 1370. The Morgan fingerprint density at radius 1 is 1.03 bits per heavy atom. The molecular formula is C24H18BrN3O3S. The topological polar surface area (TPSA) is 82.5 Å². The second-order valence-corrected chi connectivity index (χ2v) is 9.36. The number of amides is 2. The lowest BCUT2D eigenvalue weighted by Crippen LogP contribution is -2.36. The predicted molar refractivity (Wildman–Crippen MR) is 128 cm³/mol. The lowest BCUT2D eigenvalue weighted by Gasteiger charge is -2.29. The molecule has 0 aliphatic carbocycles. The number of hydrogen-bond donors (Lipinski definition) is 2. The summed E-state index contributed by atoms with van der Waals surface area (Å²) >= 11 is 4.77. The van der Waals surface area contributed by atoms with Gasteiger partial charge in [0.1, 0.15) is 5.75 Å². The number of nitrogens with zero attached hydrogens (tertiary/aromatic N) is 2. The maximum Gasteiger partial charge on any atom is 0.255 e. The summed E-state index contributed by atoms with van der Waals surface area (Å²) in [5, 5.41) is 12.8. The van der Waals surface area contributed by atoms with Gasteiger partial charge >= 0.3 is 0 Å². The van der Waals surface area contributed by atoms with E-state index in [9.17, 15) is 14.7 Å². The molecule has 1 aliphatic heterocycles. The van der Waals surface area contributed by atoms with Gasteiger partial charge in [-0.05, 0) is 82.0 Å². The molecule has 2 N–H and O–H groups in total. The third-order valence-corrected chi connectivity index (χ3v) is 7.01. The number of aromatic nitrogens is 1. The molecule has 5 rings (SSSR count). The van der Waals surface area contributed by atoms with Gasteiger partial charge in [0, 0.05) is 29.9 Å². The SMILES string of the molecule is O=C(Nc1ccc2ncsc2c1)c1ccc2c(c1)CCN(C(=O)c1ccc(Br)c(O)c1)C2. The van der Waals surface area contributed by atoms with Crippen LogP contribution in [0, 0.1) is 0 Å². The summed E-state index contributed by atoms with van der Waals surface area (Å²) in [7, 11) is 0. The average Bonchev–Trinajstić information content (AvgIpc) is 3.27. The van der Waals surface area contributed by atoms with Crippen molar-refractivity contribution in [3.8, 4) is 5.75 Å². The van der Waals surface area contributed by atoms with Crippen LogP contribution in [0.4, 0.5) is 5.69 Å². The number of halogens is 1. The quantitative estimate of drug-likeness (QED) is 0.398. The lowest BCUT2D eigenvalue weighted by atomic mass is 9.96. The zero-order valence-electron chi connectivity index (χ0n) is 16.8. The molecule has 0 fully saturated rings. The smallest absolute Gasteiger partial charge is 0.255 e. The Morgan fingerprint density at radius 3 is 2.72 bits per heavy atom. The molecule has 0 spiro atoms. The molecule has 0 saturated carbocycles. The van der Waals surface area contributed by atoms with E-state index in [1.807, 2.05) is 30.3 Å². The van der Waals surface area contributed by atoms with Crippen LogP contribution < -0.4 is 5.32 Å². The van der Waals surface area contributed by atoms with Crippen molar-refractivity contribution in [1.29, 1.82) is 0 Å². The van der Waals surface area contributed by atoms with Gasteiger partial charge in [-0.1, -0.05) is 6.07 Å². The van der Waals surface area contributed by atoms with Gasteiger partial charge in [0.2, 0.25) is 0 Å². The van der Waals surface area contributed by atoms with E-state index >= 15 is 0 Å². The molecule has 8 heteroatoms. The summed E-state index contributed by atoms with van der Waals surface area (Å²) in [6.45, 7) is 1.02. The first-order valence-electron chi connectivity index (χ1n) is 10.0. The molecule has 6 nitrogen and oxygen atoms in total. The zero-order valence-corrected chi connectivity index (χ0v) is 19.2. The first-order valence-corrected chi connectivity index (χ1v) is 11.7. The second-order valence-electron chi connectivity index (χ2n) is 7.62. The number of phenolic OH excluding ortho intramolecular Hbond substituents is 1. The molecule has 2 heterocycles. The average molecular weight is 508 g/mol. The highest BCUT2D eigenvalue weighted by atomic mass is 79.9. The Balaban J connectivity index is 1.30. The number of aromatic hydroxyl groups is 1. The first-order chi connectivity index (χ1) is 15.5. The minimum absolute atomic E-state index is 0.0402. The molecule has 3 aromatic carbocycles. The number of hydrogen-bond acceptors (Lipinski definition) is 5. The normalized spacial score (nSPS) is 13.1. The monoisotopic (exact) mass is 507 g/mol. The Hall–Kier alpha value is -3.23. The molecule has 160 valence electrons. The van der Waals surface area contributed by atoms with E-state index in [-0.39, 0.29) is 17.6 Å². The summed E-state index contributed by atoms with van der Waals surface area (Å²) in [6.07, 6.45) is 0.664. The van der Waals surface area contributed by atoms with Crippen molar-refractivity contribution < 1.29 is 14.7 Å². The third-order valence-electron chi connectivity index (χ3n) is 5.55. The van der Waals surface area contributed by atoms with Crippen LogP contribution in [0.3, 0.4) is 0 Å². The number of anilines is 1. The van der Waals surface area contributed by atoms with Crippen LogP contribution in [-0.4, -0.2) is 33.3 Å². The van der Waals surface area contributed by atoms with Crippen LogP contribution in [0.1, 0.15) is 31.8 Å². The molecule has 0 bridgehead atoms. The summed E-state index contributed by atoms with van der Waals surface area (Å²) in [4.78, 5) is 31.6. The molecule has 0 atom stereocenters. The lowest BCUT2D eigenvalue weighted by molar-refractivity contribution is 0.0734. The van der Waals surface area contributed by atoms with Gasteiger partial charge in [-0.25, -0.2) is 4.98 Å². The van der Waals surface area contributed by atoms with E-state index in [4.69, 9.17) is 0 Å². The van der Waals surface area contributed by atoms with E-state index in [0.717, 1.165) is 27.0 Å². The van der Waals surface area contributed by atoms with Gasteiger partial charge in [-0.2, -0.15) is 0 Å². The van der Waals surface area contributed by atoms with E-state index in [1.165, 1.54) is 17.4 Å². The van der Waals surface area contributed by atoms with Crippen molar-refractivity contribution in [2.45, 2.75) is 13.0 Å². The van der Waals surface area contributed by atoms with Gasteiger partial charge in [0.15, 0.2) is 0 Å².